The van der Waals surface area contributed by atoms with E-state index in [1.54, 1.807) is 0 Å². The van der Waals surface area contributed by atoms with E-state index in [0.717, 1.165) is 13.1 Å². The Bertz CT molecular complexity index is 390. The zero-order valence-electron chi connectivity index (χ0n) is 12.0. The molecular weight excluding hydrogens is 260 g/mol. The van der Waals surface area contributed by atoms with Crippen molar-refractivity contribution in [1.29, 1.82) is 0 Å². The van der Waals surface area contributed by atoms with E-state index in [1.165, 1.54) is 25.7 Å². The van der Waals surface area contributed by atoms with Crippen LogP contribution < -0.4 is 10.6 Å². The van der Waals surface area contributed by atoms with Crippen molar-refractivity contribution in [1.82, 2.24) is 15.5 Å². The van der Waals surface area contributed by atoms with Gasteiger partial charge in [-0.1, -0.05) is 24.9 Å². The molecule has 1 fully saturated rings. The standard InChI is InChI=1S/C13H24N4OS/c1-4-14-10(2)11-16-17-12(18-11)15-9-13(19-3)7-5-6-8-13/h10,14H,4-9H2,1-3H3,(H,15,17). The molecule has 19 heavy (non-hydrogen) atoms. The second-order valence-electron chi connectivity index (χ2n) is 5.17. The first kappa shape index (κ1) is 14.7. The van der Waals surface area contributed by atoms with Crippen LogP contribution in [-0.4, -0.2) is 34.3 Å². The van der Waals surface area contributed by atoms with Gasteiger partial charge < -0.3 is 15.1 Å². The van der Waals surface area contributed by atoms with Crippen molar-refractivity contribution < 1.29 is 4.42 Å². The van der Waals surface area contributed by atoms with Gasteiger partial charge in [0, 0.05) is 11.3 Å². The highest BCUT2D eigenvalue weighted by molar-refractivity contribution is 8.00. The SMILES string of the molecule is CCNC(C)c1nnc(NCC2(SC)CCCC2)o1. The van der Waals surface area contributed by atoms with E-state index in [0.29, 0.717) is 16.7 Å². The van der Waals surface area contributed by atoms with Gasteiger partial charge in [-0.05, 0) is 32.6 Å². The molecule has 6 heteroatoms. The average molecular weight is 284 g/mol. The van der Waals surface area contributed by atoms with Gasteiger partial charge in [0.25, 0.3) is 0 Å². The van der Waals surface area contributed by atoms with Gasteiger partial charge in [-0.15, -0.1) is 5.10 Å². The molecule has 0 spiro atoms. The van der Waals surface area contributed by atoms with Gasteiger partial charge in [0.05, 0.1) is 6.04 Å². The fraction of sp³-hybridized carbons (Fsp3) is 0.846. The average Bonchev–Trinajstić information content (AvgIpc) is 3.07. The van der Waals surface area contributed by atoms with Crippen LogP contribution in [0.1, 0.15) is 51.5 Å². The van der Waals surface area contributed by atoms with Crippen molar-refractivity contribution in [2.75, 3.05) is 24.7 Å². The fourth-order valence-corrected chi connectivity index (χ4v) is 3.50. The maximum absolute atomic E-state index is 5.64. The molecule has 1 aliphatic rings. The molecule has 0 aromatic carbocycles. The number of nitrogens with one attached hydrogen (secondary N) is 2. The third-order valence-corrected chi connectivity index (χ3v) is 5.25. The lowest BCUT2D eigenvalue weighted by atomic mass is 10.1. The van der Waals surface area contributed by atoms with Gasteiger partial charge in [0.1, 0.15) is 0 Å². The Labute approximate surface area is 119 Å². The lowest BCUT2D eigenvalue weighted by molar-refractivity contribution is 0.427. The van der Waals surface area contributed by atoms with Crippen molar-refractivity contribution in [3.63, 3.8) is 0 Å². The third kappa shape index (κ3) is 3.63. The molecule has 0 amide bonds. The molecule has 1 heterocycles. The molecule has 0 aliphatic heterocycles. The van der Waals surface area contributed by atoms with E-state index in [9.17, 15) is 0 Å². The summed E-state index contributed by atoms with van der Waals surface area (Å²) in [4.78, 5) is 0. The van der Waals surface area contributed by atoms with Crippen LogP contribution in [0.25, 0.3) is 0 Å². The van der Waals surface area contributed by atoms with Crippen LogP contribution in [0, 0.1) is 0 Å². The molecular formula is C13H24N4OS. The van der Waals surface area contributed by atoms with Gasteiger partial charge in [0.15, 0.2) is 0 Å². The number of aromatic nitrogens is 2. The fourth-order valence-electron chi connectivity index (χ4n) is 2.58. The molecule has 1 aliphatic carbocycles. The summed E-state index contributed by atoms with van der Waals surface area (Å²) in [5, 5.41) is 14.7. The van der Waals surface area contributed by atoms with Crippen LogP contribution in [0.4, 0.5) is 6.01 Å². The van der Waals surface area contributed by atoms with Crippen molar-refractivity contribution >= 4 is 17.8 Å². The summed E-state index contributed by atoms with van der Waals surface area (Å²) in [5.74, 6) is 0.647. The second kappa shape index (κ2) is 6.61. The summed E-state index contributed by atoms with van der Waals surface area (Å²) in [6.45, 7) is 5.89. The Hall–Kier alpha value is -0.750. The van der Waals surface area contributed by atoms with Gasteiger partial charge in [-0.3, -0.25) is 0 Å². The number of anilines is 1. The van der Waals surface area contributed by atoms with Crippen LogP contribution >= 0.6 is 11.8 Å². The summed E-state index contributed by atoms with van der Waals surface area (Å²) >= 11 is 1.96. The van der Waals surface area contributed by atoms with E-state index in [2.05, 4.69) is 34.0 Å². The van der Waals surface area contributed by atoms with Crippen LogP contribution in [0.5, 0.6) is 0 Å². The quantitative estimate of drug-likeness (QED) is 0.803. The Morgan fingerprint density at radius 1 is 1.37 bits per heavy atom. The van der Waals surface area contributed by atoms with Crippen LogP contribution in [-0.2, 0) is 0 Å². The zero-order valence-corrected chi connectivity index (χ0v) is 12.8. The Morgan fingerprint density at radius 3 is 2.74 bits per heavy atom. The predicted octanol–water partition coefficient (Wildman–Crippen LogP) is 2.83. The minimum atomic E-state index is 0.106. The number of hydrogen-bond donors (Lipinski definition) is 2. The zero-order chi connectivity index (χ0) is 13.7. The lowest BCUT2D eigenvalue weighted by Gasteiger charge is -2.26. The monoisotopic (exact) mass is 284 g/mol. The van der Waals surface area contributed by atoms with Crippen molar-refractivity contribution in [2.24, 2.45) is 0 Å². The second-order valence-corrected chi connectivity index (χ2v) is 6.45. The van der Waals surface area contributed by atoms with Gasteiger partial charge in [-0.25, -0.2) is 0 Å². The van der Waals surface area contributed by atoms with Crippen molar-refractivity contribution in [3.05, 3.63) is 5.89 Å². The molecule has 1 saturated carbocycles. The molecule has 1 aromatic heterocycles. The highest BCUT2D eigenvalue weighted by atomic mass is 32.2. The maximum atomic E-state index is 5.64. The first-order valence-electron chi connectivity index (χ1n) is 7.05. The molecule has 0 radical (unpaired) electrons. The summed E-state index contributed by atoms with van der Waals surface area (Å²) in [6, 6.07) is 0.647. The van der Waals surface area contributed by atoms with Gasteiger partial charge in [-0.2, -0.15) is 11.8 Å². The van der Waals surface area contributed by atoms with Crippen LogP contribution in [0.3, 0.4) is 0 Å². The Morgan fingerprint density at radius 2 is 2.11 bits per heavy atom. The number of nitrogens with zero attached hydrogens (tertiary/aromatic N) is 2. The Balaban J connectivity index is 1.89. The topological polar surface area (TPSA) is 63.0 Å². The minimum Gasteiger partial charge on any atom is -0.406 e. The third-order valence-electron chi connectivity index (χ3n) is 3.83. The molecule has 1 aromatic rings. The molecule has 1 atom stereocenters. The minimum absolute atomic E-state index is 0.106. The predicted molar refractivity (Wildman–Crippen MR) is 79.6 cm³/mol. The molecule has 0 bridgehead atoms. The number of thioether (sulfide) groups is 1. The van der Waals surface area contributed by atoms with E-state index >= 15 is 0 Å². The molecule has 108 valence electrons. The first-order chi connectivity index (χ1) is 9.19. The summed E-state index contributed by atoms with van der Waals surface area (Å²) in [7, 11) is 0. The molecule has 2 N–H and O–H groups in total. The highest BCUT2D eigenvalue weighted by Crippen LogP contribution is 2.40. The largest absolute Gasteiger partial charge is 0.406 e. The maximum Gasteiger partial charge on any atom is 0.315 e. The van der Waals surface area contributed by atoms with Crippen LogP contribution in [0.2, 0.25) is 0 Å². The summed E-state index contributed by atoms with van der Waals surface area (Å²) in [5.41, 5.74) is 0. The molecule has 1 unspecified atom stereocenters. The number of hydrogen-bond acceptors (Lipinski definition) is 6. The lowest BCUT2D eigenvalue weighted by Crippen LogP contribution is -2.30. The van der Waals surface area contributed by atoms with Gasteiger partial charge in [0.2, 0.25) is 5.89 Å². The van der Waals surface area contributed by atoms with E-state index < -0.39 is 0 Å². The van der Waals surface area contributed by atoms with Gasteiger partial charge >= 0.3 is 6.01 Å². The number of rotatable bonds is 7. The smallest absolute Gasteiger partial charge is 0.315 e. The normalized spacial score (nSPS) is 19.5. The van der Waals surface area contributed by atoms with E-state index in [-0.39, 0.29) is 6.04 Å². The van der Waals surface area contributed by atoms with Crippen molar-refractivity contribution in [2.45, 2.75) is 50.3 Å². The highest BCUT2D eigenvalue weighted by Gasteiger charge is 2.33. The molecule has 2 rings (SSSR count). The Kier molecular flexibility index (Phi) is 5.10. The van der Waals surface area contributed by atoms with Crippen molar-refractivity contribution in [3.8, 4) is 0 Å². The van der Waals surface area contributed by atoms with E-state index in [1.807, 2.05) is 18.7 Å². The molecule has 0 saturated heterocycles. The first-order valence-corrected chi connectivity index (χ1v) is 8.27. The summed E-state index contributed by atoms with van der Waals surface area (Å²) < 4.78 is 5.99. The summed E-state index contributed by atoms with van der Waals surface area (Å²) in [6.07, 6.45) is 7.40. The molecule has 5 nitrogen and oxygen atoms in total. The van der Waals surface area contributed by atoms with E-state index in [4.69, 9.17) is 4.42 Å². The van der Waals surface area contributed by atoms with Crippen LogP contribution in [0.15, 0.2) is 4.42 Å².